The van der Waals surface area contributed by atoms with Crippen molar-refractivity contribution in [1.29, 1.82) is 5.26 Å². The van der Waals surface area contributed by atoms with Gasteiger partial charge in [0.05, 0.1) is 24.5 Å². The average Bonchev–Trinajstić information content (AvgIpc) is 3.27. The quantitative estimate of drug-likeness (QED) is 0.692. The van der Waals surface area contributed by atoms with Crippen LogP contribution in [0, 0.1) is 11.3 Å². The number of methoxy groups -OCH3 is 1. The van der Waals surface area contributed by atoms with Crippen LogP contribution in [0.15, 0.2) is 35.4 Å². The summed E-state index contributed by atoms with van der Waals surface area (Å²) in [5, 5.41) is 10.2. The zero-order chi connectivity index (χ0) is 20.2. The monoisotopic (exact) mass is 407 g/mol. The molecule has 0 bridgehead atoms. The predicted octanol–water partition coefficient (Wildman–Crippen LogP) is 4.30. The van der Waals surface area contributed by atoms with Crippen LogP contribution >= 0.6 is 11.8 Å². The van der Waals surface area contributed by atoms with E-state index in [1.807, 2.05) is 35.2 Å². The third-order valence-corrected chi connectivity index (χ3v) is 6.77. The molecule has 0 spiro atoms. The molecule has 1 amide bonds. The molecule has 4 rings (SSSR count). The highest BCUT2D eigenvalue weighted by Gasteiger charge is 2.30. The normalized spacial score (nSPS) is 18.2. The van der Waals surface area contributed by atoms with Crippen LogP contribution in [0.5, 0.6) is 5.75 Å². The number of hydrogen-bond acceptors (Lipinski definition) is 5. The number of carbonyl (C=O) groups excluding carboxylic acids is 1. The summed E-state index contributed by atoms with van der Waals surface area (Å²) in [6.45, 7) is 0.777. The molecule has 150 valence electrons. The van der Waals surface area contributed by atoms with Crippen LogP contribution in [0.1, 0.15) is 54.1 Å². The van der Waals surface area contributed by atoms with Gasteiger partial charge in [-0.15, -0.1) is 0 Å². The van der Waals surface area contributed by atoms with Gasteiger partial charge in [0, 0.05) is 12.2 Å². The number of ether oxygens (including phenoxy) is 1. The second kappa shape index (κ2) is 8.87. The van der Waals surface area contributed by atoms with Crippen LogP contribution in [0.2, 0.25) is 0 Å². The molecule has 0 saturated carbocycles. The molecule has 1 saturated heterocycles. The molecule has 2 heterocycles. The lowest BCUT2D eigenvalue weighted by Crippen LogP contribution is -2.32. The van der Waals surface area contributed by atoms with Gasteiger partial charge in [-0.05, 0) is 67.9 Å². The fraction of sp³-hybridized carbons (Fsp3) is 0.435. The molecular weight excluding hydrogens is 382 g/mol. The molecule has 1 atom stereocenters. The summed E-state index contributed by atoms with van der Waals surface area (Å²) in [4.78, 5) is 19.7. The van der Waals surface area contributed by atoms with E-state index in [4.69, 9.17) is 9.72 Å². The Bertz CT molecular complexity index is 936. The molecule has 1 aliphatic carbocycles. The Morgan fingerprint density at radius 3 is 2.83 bits per heavy atom. The van der Waals surface area contributed by atoms with Crippen molar-refractivity contribution in [2.24, 2.45) is 0 Å². The van der Waals surface area contributed by atoms with Gasteiger partial charge in [0.1, 0.15) is 16.8 Å². The van der Waals surface area contributed by atoms with Gasteiger partial charge < -0.3 is 9.64 Å². The zero-order valence-corrected chi connectivity index (χ0v) is 17.5. The largest absolute Gasteiger partial charge is 0.497 e. The summed E-state index contributed by atoms with van der Waals surface area (Å²) < 4.78 is 5.24. The maximum Gasteiger partial charge on any atom is 0.233 e. The number of hydrogen-bond donors (Lipinski definition) is 0. The minimum Gasteiger partial charge on any atom is -0.497 e. The first kappa shape index (κ1) is 19.8. The first-order chi connectivity index (χ1) is 14.2. The smallest absolute Gasteiger partial charge is 0.233 e. The molecule has 1 aromatic carbocycles. The number of likely N-dealkylation sites (tertiary alicyclic amines) is 1. The number of nitrogens with zero attached hydrogens (tertiary/aromatic N) is 3. The van der Waals surface area contributed by atoms with Crippen molar-refractivity contribution in [2.75, 3.05) is 19.4 Å². The minimum atomic E-state index is 0.108. The third kappa shape index (κ3) is 4.25. The summed E-state index contributed by atoms with van der Waals surface area (Å²) in [6, 6.07) is 12.3. The number of thioether (sulfide) groups is 1. The Kier molecular flexibility index (Phi) is 6.05. The maximum absolute atomic E-state index is 13.0. The summed E-state index contributed by atoms with van der Waals surface area (Å²) in [5.41, 5.74) is 4.04. The van der Waals surface area contributed by atoms with Crippen molar-refractivity contribution >= 4 is 17.7 Å². The van der Waals surface area contributed by atoms with Gasteiger partial charge in [0.2, 0.25) is 5.91 Å². The van der Waals surface area contributed by atoms with Crippen molar-refractivity contribution in [2.45, 2.75) is 49.6 Å². The Labute approximate surface area is 176 Å². The van der Waals surface area contributed by atoms with E-state index in [0.29, 0.717) is 16.3 Å². The maximum atomic E-state index is 13.0. The third-order valence-electron chi connectivity index (χ3n) is 5.79. The minimum absolute atomic E-state index is 0.108. The fourth-order valence-corrected chi connectivity index (χ4v) is 5.12. The van der Waals surface area contributed by atoms with E-state index in [0.717, 1.165) is 62.1 Å². The van der Waals surface area contributed by atoms with E-state index in [1.54, 1.807) is 7.11 Å². The molecule has 6 heteroatoms. The summed E-state index contributed by atoms with van der Waals surface area (Å²) in [6.07, 6.45) is 6.25. The Balaban J connectivity index is 1.45. The van der Waals surface area contributed by atoms with Gasteiger partial charge in [-0.3, -0.25) is 4.79 Å². The standard InChI is InChI=1S/C23H25N3O2S/c1-28-19-10-8-16(9-11-19)21-7-4-12-26(21)22(27)15-29-23-18(14-24)13-17-5-2-3-6-20(17)25-23/h8-11,13,21H,2-7,12,15H2,1H3. The molecule has 1 unspecified atom stereocenters. The van der Waals surface area contributed by atoms with Gasteiger partial charge >= 0.3 is 0 Å². The average molecular weight is 408 g/mol. The highest BCUT2D eigenvalue weighted by atomic mass is 32.2. The van der Waals surface area contributed by atoms with E-state index in [1.165, 1.54) is 17.3 Å². The second-order valence-electron chi connectivity index (χ2n) is 7.57. The van der Waals surface area contributed by atoms with Crippen molar-refractivity contribution in [3.8, 4) is 11.8 Å². The second-order valence-corrected chi connectivity index (χ2v) is 8.54. The number of pyridine rings is 1. The highest BCUT2D eigenvalue weighted by Crippen LogP contribution is 2.34. The SMILES string of the molecule is COc1ccc(C2CCCN2C(=O)CSc2nc3c(cc2C#N)CCCC3)cc1. The molecule has 29 heavy (non-hydrogen) atoms. The Hall–Kier alpha value is -2.52. The van der Waals surface area contributed by atoms with Crippen LogP contribution in [-0.4, -0.2) is 35.2 Å². The number of fused-ring (bicyclic) bond motifs is 1. The van der Waals surface area contributed by atoms with Crippen LogP contribution in [0.3, 0.4) is 0 Å². The summed E-state index contributed by atoms with van der Waals surface area (Å²) in [5.74, 6) is 1.24. The number of carbonyl (C=O) groups is 1. The van der Waals surface area contributed by atoms with Crippen molar-refractivity contribution in [3.63, 3.8) is 0 Å². The lowest BCUT2D eigenvalue weighted by atomic mass is 9.95. The van der Waals surface area contributed by atoms with E-state index in [2.05, 4.69) is 6.07 Å². The molecule has 1 aliphatic heterocycles. The van der Waals surface area contributed by atoms with E-state index in [-0.39, 0.29) is 11.9 Å². The molecule has 0 N–H and O–H groups in total. The van der Waals surface area contributed by atoms with E-state index < -0.39 is 0 Å². The molecule has 2 aromatic rings. The number of aromatic nitrogens is 1. The molecule has 1 aromatic heterocycles. The Morgan fingerprint density at radius 2 is 2.07 bits per heavy atom. The summed E-state index contributed by atoms with van der Waals surface area (Å²) in [7, 11) is 1.65. The van der Waals surface area contributed by atoms with Crippen molar-refractivity contribution in [3.05, 3.63) is 52.7 Å². The van der Waals surface area contributed by atoms with Crippen LogP contribution in [-0.2, 0) is 17.6 Å². The molecule has 1 fully saturated rings. The molecule has 5 nitrogen and oxygen atoms in total. The predicted molar refractivity (Wildman–Crippen MR) is 113 cm³/mol. The molecular formula is C23H25N3O2S. The first-order valence-corrected chi connectivity index (χ1v) is 11.2. The lowest BCUT2D eigenvalue weighted by molar-refractivity contribution is -0.129. The highest BCUT2D eigenvalue weighted by molar-refractivity contribution is 8.00. The van der Waals surface area contributed by atoms with Gasteiger partial charge in [0.25, 0.3) is 0 Å². The van der Waals surface area contributed by atoms with Gasteiger partial charge in [-0.25, -0.2) is 4.98 Å². The summed E-state index contributed by atoms with van der Waals surface area (Å²) >= 11 is 1.40. The van der Waals surface area contributed by atoms with Crippen LogP contribution < -0.4 is 4.74 Å². The van der Waals surface area contributed by atoms with Crippen molar-refractivity contribution < 1.29 is 9.53 Å². The topological polar surface area (TPSA) is 66.2 Å². The molecule has 2 aliphatic rings. The fourth-order valence-electron chi connectivity index (χ4n) is 4.26. The first-order valence-electron chi connectivity index (χ1n) is 10.2. The van der Waals surface area contributed by atoms with E-state index >= 15 is 0 Å². The zero-order valence-electron chi connectivity index (χ0n) is 16.7. The van der Waals surface area contributed by atoms with Crippen LogP contribution in [0.4, 0.5) is 0 Å². The van der Waals surface area contributed by atoms with E-state index in [9.17, 15) is 10.1 Å². The van der Waals surface area contributed by atoms with Gasteiger partial charge in [0.15, 0.2) is 0 Å². The number of aryl methyl sites for hydroxylation is 2. The van der Waals surface area contributed by atoms with Gasteiger partial charge in [-0.1, -0.05) is 23.9 Å². The number of benzene rings is 1. The van der Waals surface area contributed by atoms with Crippen molar-refractivity contribution in [1.82, 2.24) is 9.88 Å². The Morgan fingerprint density at radius 1 is 1.28 bits per heavy atom. The van der Waals surface area contributed by atoms with Gasteiger partial charge in [-0.2, -0.15) is 5.26 Å². The number of rotatable bonds is 5. The number of amides is 1. The van der Waals surface area contributed by atoms with Crippen LogP contribution in [0.25, 0.3) is 0 Å². The lowest BCUT2D eigenvalue weighted by Gasteiger charge is -2.25. The molecule has 0 radical (unpaired) electrons. The number of nitriles is 1.